The molecule has 0 bridgehead atoms. The standard InChI is InChI=1S/C25H21FN4O5/c1-13-8-21(19(10-17(13)23(27)32)16-6-7-28-29(2)24(16)33)30-12-20(25(34)35)18(11-22(30)31)14-4-3-5-15(26)9-14/h3-10,12,18H,11H2,1-2H3,(H2,27,32)(H,34,35)/t18-/m0/s1. The van der Waals surface area contributed by atoms with Gasteiger partial charge in [0.2, 0.25) is 11.8 Å². The zero-order valence-corrected chi connectivity index (χ0v) is 18.9. The van der Waals surface area contributed by atoms with Crippen molar-refractivity contribution in [3.8, 4) is 11.1 Å². The highest BCUT2D eigenvalue weighted by Crippen LogP contribution is 2.39. The predicted octanol–water partition coefficient (Wildman–Crippen LogP) is 2.48. The maximum Gasteiger partial charge on any atom is 0.333 e. The average Bonchev–Trinajstić information content (AvgIpc) is 2.80. The number of aryl methyl sites for hydroxylation is 2. The number of carboxylic acids is 1. The molecule has 9 nitrogen and oxygen atoms in total. The van der Waals surface area contributed by atoms with Crippen molar-refractivity contribution in [3.05, 3.63) is 93.3 Å². The van der Waals surface area contributed by atoms with Gasteiger partial charge in [0.15, 0.2) is 0 Å². The number of anilines is 1. The number of aliphatic carboxylic acids is 1. The molecule has 0 fully saturated rings. The molecule has 1 atom stereocenters. The topological polar surface area (TPSA) is 136 Å². The first kappa shape index (κ1) is 23.6. The minimum Gasteiger partial charge on any atom is -0.478 e. The van der Waals surface area contributed by atoms with Crippen LogP contribution in [0, 0.1) is 12.7 Å². The number of halogens is 1. The van der Waals surface area contributed by atoms with Gasteiger partial charge in [-0.05, 0) is 48.4 Å². The van der Waals surface area contributed by atoms with Gasteiger partial charge in [-0.2, -0.15) is 5.10 Å². The fourth-order valence-corrected chi connectivity index (χ4v) is 4.20. The Labute approximate surface area is 198 Å². The summed E-state index contributed by atoms with van der Waals surface area (Å²) in [5.74, 6) is -3.88. The Hall–Kier alpha value is -4.60. The third-order valence-corrected chi connectivity index (χ3v) is 5.95. The first-order valence-electron chi connectivity index (χ1n) is 10.6. The Morgan fingerprint density at radius 1 is 1.14 bits per heavy atom. The largest absolute Gasteiger partial charge is 0.478 e. The van der Waals surface area contributed by atoms with Gasteiger partial charge in [0.25, 0.3) is 5.56 Å². The van der Waals surface area contributed by atoms with Gasteiger partial charge in [0, 0.05) is 42.9 Å². The number of nitrogens with zero attached hydrogens (tertiary/aromatic N) is 3. The van der Waals surface area contributed by atoms with Crippen molar-refractivity contribution in [1.29, 1.82) is 0 Å². The zero-order valence-electron chi connectivity index (χ0n) is 18.9. The van der Waals surface area contributed by atoms with Crippen molar-refractivity contribution in [2.75, 3.05) is 4.90 Å². The lowest BCUT2D eigenvalue weighted by atomic mass is 9.85. The summed E-state index contributed by atoms with van der Waals surface area (Å²) in [4.78, 5) is 51.4. The van der Waals surface area contributed by atoms with E-state index in [-0.39, 0.29) is 34.4 Å². The number of benzene rings is 2. The van der Waals surface area contributed by atoms with Gasteiger partial charge in [0.05, 0.1) is 16.8 Å². The minimum atomic E-state index is -1.27. The summed E-state index contributed by atoms with van der Waals surface area (Å²) in [6.45, 7) is 1.61. The molecule has 0 radical (unpaired) electrons. The molecular formula is C25H21FN4O5. The number of primary amides is 1. The van der Waals surface area contributed by atoms with Crippen molar-refractivity contribution in [2.45, 2.75) is 19.3 Å². The molecule has 0 aliphatic carbocycles. The average molecular weight is 476 g/mol. The summed E-state index contributed by atoms with van der Waals surface area (Å²) < 4.78 is 14.9. The lowest BCUT2D eigenvalue weighted by molar-refractivity contribution is -0.133. The Kier molecular flexibility index (Phi) is 6.04. The molecule has 0 saturated carbocycles. The summed E-state index contributed by atoms with van der Waals surface area (Å²) in [5, 5.41) is 13.8. The first-order chi connectivity index (χ1) is 16.6. The number of carbonyl (C=O) groups excluding carboxylic acids is 2. The van der Waals surface area contributed by atoms with E-state index in [1.54, 1.807) is 13.0 Å². The quantitative estimate of drug-likeness (QED) is 0.581. The molecule has 1 aliphatic heterocycles. The molecular weight excluding hydrogens is 455 g/mol. The number of rotatable bonds is 5. The fraction of sp³-hybridized carbons (Fsp3) is 0.160. The molecule has 0 unspecified atom stereocenters. The lowest BCUT2D eigenvalue weighted by Gasteiger charge is -2.31. The number of carboxylic acid groups (broad SMARTS) is 1. The smallest absolute Gasteiger partial charge is 0.333 e. The van der Waals surface area contributed by atoms with Crippen molar-refractivity contribution in [2.24, 2.45) is 12.8 Å². The molecule has 1 aliphatic rings. The van der Waals surface area contributed by atoms with Crippen LogP contribution in [0.5, 0.6) is 0 Å². The SMILES string of the molecule is Cc1cc(N2C=C(C(=O)O)[C@H](c3cccc(F)c3)CC2=O)c(-c2ccnn(C)c2=O)cc1C(N)=O. The van der Waals surface area contributed by atoms with Crippen LogP contribution in [0.25, 0.3) is 11.1 Å². The van der Waals surface area contributed by atoms with E-state index in [4.69, 9.17) is 5.73 Å². The van der Waals surface area contributed by atoms with Gasteiger partial charge in [-0.25, -0.2) is 13.9 Å². The molecule has 4 rings (SSSR count). The van der Waals surface area contributed by atoms with Gasteiger partial charge in [-0.15, -0.1) is 0 Å². The molecule has 3 N–H and O–H groups in total. The molecule has 0 saturated heterocycles. The van der Waals surface area contributed by atoms with E-state index < -0.39 is 35.1 Å². The summed E-state index contributed by atoms with van der Waals surface area (Å²) >= 11 is 0. The molecule has 1 aromatic heterocycles. The van der Waals surface area contributed by atoms with E-state index >= 15 is 0 Å². The molecule has 10 heteroatoms. The van der Waals surface area contributed by atoms with E-state index in [0.29, 0.717) is 11.1 Å². The Balaban J connectivity index is 1.95. The zero-order chi connectivity index (χ0) is 25.4. The lowest BCUT2D eigenvalue weighted by Crippen LogP contribution is -2.35. The van der Waals surface area contributed by atoms with Crippen molar-refractivity contribution in [3.63, 3.8) is 0 Å². The van der Waals surface area contributed by atoms with Crippen molar-refractivity contribution in [1.82, 2.24) is 9.78 Å². The highest BCUT2D eigenvalue weighted by atomic mass is 19.1. The van der Waals surface area contributed by atoms with E-state index in [1.807, 2.05) is 0 Å². The molecule has 0 spiro atoms. The molecule has 35 heavy (non-hydrogen) atoms. The van der Waals surface area contributed by atoms with Crippen LogP contribution in [0.2, 0.25) is 0 Å². The van der Waals surface area contributed by atoms with Crippen LogP contribution in [0.15, 0.2) is 65.2 Å². The summed E-state index contributed by atoms with van der Waals surface area (Å²) in [5.41, 5.74) is 6.40. The number of carbonyl (C=O) groups is 3. The van der Waals surface area contributed by atoms with Crippen LogP contribution in [0.3, 0.4) is 0 Å². The van der Waals surface area contributed by atoms with Crippen LogP contribution in [-0.4, -0.2) is 32.7 Å². The second-order valence-corrected chi connectivity index (χ2v) is 8.19. The van der Waals surface area contributed by atoms with Gasteiger partial charge in [-0.3, -0.25) is 19.3 Å². The van der Waals surface area contributed by atoms with E-state index in [2.05, 4.69) is 5.10 Å². The van der Waals surface area contributed by atoms with Gasteiger partial charge in [-0.1, -0.05) is 12.1 Å². The number of aromatic nitrogens is 2. The van der Waals surface area contributed by atoms with Gasteiger partial charge in [0.1, 0.15) is 5.82 Å². The normalized spacial score (nSPS) is 15.6. The Morgan fingerprint density at radius 2 is 1.89 bits per heavy atom. The third-order valence-electron chi connectivity index (χ3n) is 5.95. The Bertz CT molecular complexity index is 1480. The second kappa shape index (κ2) is 8.98. The van der Waals surface area contributed by atoms with E-state index in [0.717, 1.165) is 9.58 Å². The molecule has 2 heterocycles. The van der Waals surface area contributed by atoms with Crippen LogP contribution in [0.1, 0.15) is 33.8 Å². The summed E-state index contributed by atoms with van der Waals surface area (Å²) in [6.07, 6.45) is 2.32. The van der Waals surface area contributed by atoms with E-state index in [1.165, 1.54) is 55.8 Å². The molecule has 3 aromatic rings. The Morgan fingerprint density at radius 3 is 2.54 bits per heavy atom. The highest BCUT2D eigenvalue weighted by molar-refractivity contribution is 6.06. The maximum atomic E-state index is 13.8. The second-order valence-electron chi connectivity index (χ2n) is 8.19. The maximum absolute atomic E-state index is 13.8. The number of hydrogen-bond donors (Lipinski definition) is 2. The van der Waals surface area contributed by atoms with E-state index in [9.17, 15) is 28.7 Å². The van der Waals surface area contributed by atoms with Gasteiger partial charge >= 0.3 is 5.97 Å². The number of nitrogens with two attached hydrogens (primary N) is 1. The molecule has 2 aromatic carbocycles. The van der Waals surface area contributed by atoms with Crippen LogP contribution < -0.4 is 16.2 Å². The van der Waals surface area contributed by atoms with Crippen LogP contribution >= 0.6 is 0 Å². The first-order valence-corrected chi connectivity index (χ1v) is 10.6. The molecule has 2 amide bonds. The van der Waals surface area contributed by atoms with Crippen molar-refractivity contribution < 1.29 is 23.9 Å². The fourth-order valence-electron chi connectivity index (χ4n) is 4.20. The summed E-state index contributed by atoms with van der Waals surface area (Å²) in [7, 11) is 1.45. The van der Waals surface area contributed by atoms with Gasteiger partial charge < -0.3 is 10.8 Å². The third kappa shape index (κ3) is 4.33. The van der Waals surface area contributed by atoms with Crippen molar-refractivity contribution >= 4 is 23.5 Å². The van der Waals surface area contributed by atoms with Crippen LogP contribution in [-0.2, 0) is 16.6 Å². The highest BCUT2D eigenvalue weighted by Gasteiger charge is 2.34. The predicted molar refractivity (Wildman–Crippen MR) is 125 cm³/mol. The van der Waals surface area contributed by atoms with Crippen LogP contribution in [0.4, 0.5) is 10.1 Å². The summed E-state index contributed by atoms with van der Waals surface area (Å²) in [6, 6.07) is 9.79. The number of hydrogen-bond acceptors (Lipinski definition) is 5. The molecule has 178 valence electrons. The minimum absolute atomic E-state index is 0.125. The monoisotopic (exact) mass is 476 g/mol. The number of amides is 2.